The Kier molecular flexibility index (Phi) is 4.59. The van der Waals surface area contributed by atoms with Gasteiger partial charge in [0.2, 0.25) is 0 Å². The van der Waals surface area contributed by atoms with Crippen LogP contribution in [0.2, 0.25) is 0 Å². The summed E-state index contributed by atoms with van der Waals surface area (Å²) in [5.74, 6) is 1.95. The lowest BCUT2D eigenvalue weighted by atomic mass is 10.1. The quantitative estimate of drug-likeness (QED) is 0.681. The normalized spacial score (nSPS) is 10.6. The van der Waals surface area contributed by atoms with E-state index >= 15 is 0 Å². The minimum absolute atomic E-state index is 0.757. The molecule has 3 rings (SSSR count). The molecule has 0 saturated carbocycles. The van der Waals surface area contributed by atoms with E-state index < -0.39 is 0 Å². The van der Waals surface area contributed by atoms with Gasteiger partial charge in [-0.25, -0.2) is 4.98 Å². The molecule has 4 heteroatoms. The third kappa shape index (κ3) is 3.39. The topological polar surface area (TPSA) is 27.1 Å². The van der Waals surface area contributed by atoms with Crippen LogP contribution in [0.5, 0.6) is 5.75 Å². The Morgan fingerprint density at radius 1 is 1.14 bits per heavy atom. The number of rotatable bonds is 5. The smallest absolute Gasteiger partial charge is 0.123 e. The van der Waals surface area contributed by atoms with Crippen molar-refractivity contribution in [2.24, 2.45) is 0 Å². The molecule has 0 unspecified atom stereocenters. The van der Waals surface area contributed by atoms with Crippen molar-refractivity contribution < 1.29 is 4.74 Å². The molecule has 0 spiro atoms. The van der Waals surface area contributed by atoms with Crippen LogP contribution in [0.15, 0.2) is 65.4 Å². The first-order valence-electron chi connectivity index (χ1n) is 7.12. The maximum absolute atomic E-state index is 5.43. The van der Waals surface area contributed by atoms with E-state index in [4.69, 9.17) is 4.74 Å². The lowest BCUT2D eigenvalue weighted by molar-refractivity contribution is 0.408. The van der Waals surface area contributed by atoms with Gasteiger partial charge < -0.3 is 9.30 Å². The highest BCUT2D eigenvalue weighted by molar-refractivity contribution is 9.10. The second-order valence-corrected chi connectivity index (χ2v) is 6.01. The van der Waals surface area contributed by atoms with Crippen LogP contribution in [-0.2, 0) is 13.0 Å². The number of aromatic nitrogens is 2. The lowest BCUT2D eigenvalue weighted by Gasteiger charge is -2.11. The highest BCUT2D eigenvalue weighted by Gasteiger charge is 2.08. The summed E-state index contributed by atoms with van der Waals surface area (Å²) in [5.41, 5.74) is 2.39. The molecule has 0 bridgehead atoms. The summed E-state index contributed by atoms with van der Waals surface area (Å²) in [6.45, 7) is 0.757. The van der Waals surface area contributed by atoms with Gasteiger partial charge in [-0.05, 0) is 23.8 Å². The predicted octanol–water partition coefficient (Wildman–Crippen LogP) is 4.29. The lowest BCUT2D eigenvalue weighted by Crippen LogP contribution is -2.06. The van der Waals surface area contributed by atoms with E-state index in [-0.39, 0.29) is 0 Å². The Balaban J connectivity index is 1.83. The molecule has 0 aliphatic carbocycles. The maximum Gasteiger partial charge on any atom is 0.123 e. The van der Waals surface area contributed by atoms with E-state index in [1.165, 1.54) is 5.56 Å². The first-order chi connectivity index (χ1) is 10.8. The second kappa shape index (κ2) is 6.79. The van der Waals surface area contributed by atoms with Crippen LogP contribution < -0.4 is 4.74 Å². The van der Waals surface area contributed by atoms with Crippen LogP contribution in [0.4, 0.5) is 0 Å². The summed E-state index contributed by atoms with van der Waals surface area (Å²) in [6.07, 6.45) is 4.67. The van der Waals surface area contributed by atoms with Crippen molar-refractivity contribution in [3.05, 3.63) is 82.3 Å². The summed E-state index contributed by atoms with van der Waals surface area (Å²) in [7, 11) is 1.70. The van der Waals surface area contributed by atoms with Gasteiger partial charge in [0.1, 0.15) is 11.6 Å². The molecule has 1 aromatic heterocycles. The number of halogens is 1. The fraction of sp³-hybridized carbons (Fsp3) is 0.167. The van der Waals surface area contributed by atoms with Crippen molar-refractivity contribution in [2.75, 3.05) is 7.11 Å². The molecule has 3 aromatic rings. The van der Waals surface area contributed by atoms with Gasteiger partial charge in [0.25, 0.3) is 0 Å². The SMILES string of the molecule is COc1ccccc1Cn1ccnc1Cc1cccc(Br)c1. The Hall–Kier alpha value is -2.07. The van der Waals surface area contributed by atoms with Gasteiger partial charge in [-0.2, -0.15) is 0 Å². The number of ether oxygens (including phenoxy) is 1. The fourth-order valence-electron chi connectivity index (χ4n) is 2.50. The first-order valence-corrected chi connectivity index (χ1v) is 7.92. The first kappa shape index (κ1) is 14.9. The maximum atomic E-state index is 5.43. The van der Waals surface area contributed by atoms with Crippen molar-refractivity contribution in [1.29, 1.82) is 0 Å². The van der Waals surface area contributed by atoms with Crippen LogP contribution >= 0.6 is 15.9 Å². The van der Waals surface area contributed by atoms with Crippen LogP contribution in [0.1, 0.15) is 17.0 Å². The Bertz CT molecular complexity index is 767. The average molecular weight is 357 g/mol. The third-order valence-electron chi connectivity index (χ3n) is 3.59. The van der Waals surface area contributed by atoms with Crippen LogP contribution in [-0.4, -0.2) is 16.7 Å². The molecule has 0 saturated heterocycles. The van der Waals surface area contributed by atoms with E-state index in [1.807, 2.05) is 42.7 Å². The van der Waals surface area contributed by atoms with Crippen molar-refractivity contribution in [3.63, 3.8) is 0 Å². The van der Waals surface area contributed by atoms with Crippen molar-refractivity contribution in [1.82, 2.24) is 9.55 Å². The number of nitrogens with zero attached hydrogens (tertiary/aromatic N) is 2. The molecule has 0 atom stereocenters. The predicted molar refractivity (Wildman–Crippen MR) is 91.3 cm³/mol. The summed E-state index contributed by atoms with van der Waals surface area (Å²) in [4.78, 5) is 4.50. The molecule has 0 fully saturated rings. The van der Waals surface area contributed by atoms with E-state index in [0.29, 0.717) is 0 Å². The summed E-state index contributed by atoms with van der Waals surface area (Å²) in [6, 6.07) is 16.4. The molecule has 1 heterocycles. The number of para-hydroxylation sites is 1. The van der Waals surface area contributed by atoms with E-state index in [0.717, 1.165) is 34.6 Å². The zero-order valence-corrected chi connectivity index (χ0v) is 14.0. The minimum Gasteiger partial charge on any atom is -0.496 e. The number of benzene rings is 2. The fourth-order valence-corrected chi connectivity index (χ4v) is 2.94. The molecule has 0 aliphatic heterocycles. The second-order valence-electron chi connectivity index (χ2n) is 5.09. The van der Waals surface area contributed by atoms with Crippen LogP contribution in [0.3, 0.4) is 0 Å². The molecular weight excluding hydrogens is 340 g/mol. The van der Waals surface area contributed by atoms with E-state index in [1.54, 1.807) is 7.11 Å². The van der Waals surface area contributed by atoms with Crippen molar-refractivity contribution >= 4 is 15.9 Å². The molecule has 22 heavy (non-hydrogen) atoms. The van der Waals surface area contributed by atoms with Crippen LogP contribution in [0, 0.1) is 0 Å². The molecule has 0 radical (unpaired) electrons. The molecule has 3 nitrogen and oxygen atoms in total. The van der Waals surface area contributed by atoms with Crippen molar-refractivity contribution in [3.8, 4) is 5.75 Å². The van der Waals surface area contributed by atoms with Gasteiger partial charge in [-0.1, -0.05) is 46.3 Å². The molecule has 0 amide bonds. The number of imidazole rings is 1. The summed E-state index contributed by atoms with van der Waals surface area (Å²) in [5, 5.41) is 0. The molecular formula is C18H17BrN2O. The monoisotopic (exact) mass is 356 g/mol. The van der Waals surface area contributed by atoms with Gasteiger partial charge in [0, 0.05) is 28.9 Å². The van der Waals surface area contributed by atoms with E-state index in [2.05, 4.69) is 43.7 Å². The molecule has 0 aliphatic rings. The number of hydrogen-bond donors (Lipinski definition) is 0. The Morgan fingerprint density at radius 2 is 2.00 bits per heavy atom. The zero-order chi connectivity index (χ0) is 15.4. The highest BCUT2D eigenvalue weighted by atomic mass is 79.9. The summed E-state index contributed by atoms with van der Waals surface area (Å²) < 4.78 is 8.68. The molecule has 112 valence electrons. The minimum atomic E-state index is 0.757. The van der Waals surface area contributed by atoms with E-state index in [9.17, 15) is 0 Å². The number of hydrogen-bond acceptors (Lipinski definition) is 2. The highest BCUT2D eigenvalue weighted by Crippen LogP contribution is 2.20. The Morgan fingerprint density at radius 3 is 2.82 bits per heavy atom. The summed E-state index contributed by atoms with van der Waals surface area (Å²) >= 11 is 3.51. The van der Waals surface area contributed by atoms with Gasteiger partial charge in [-0.3, -0.25) is 0 Å². The largest absolute Gasteiger partial charge is 0.496 e. The van der Waals surface area contributed by atoms with Gasteiger partial charge in [0.05, 0.1) is 13.7 Å². The van der Waals surface area contributed by atoms with Crippen LogP contribution in [0.25, 0.3) is 0 Å². The van der Waals surface area contributed by atoms with Gasteiger partial charge in [-0.15, -0.1) is 0 Å². The zero-order valence-electron chi connectivity index (χ0n) is 12.4. The van der Waals surface area contributed by atoms with Gasteiger partial charge >= 0.3 is 0 Å². The molecule has 2 aromatic carbocycles. The number of methoxy groups -OCH3 is 1. The van der Waals surface area contributed by atoms with Gasteiger partial charge in [0.15, 0.2) is 0 Å². The standard InChI is InChI=1S/C18H17BrN2O/c1-22-17-8-3-2-6-15(17)13-21-10-9-20-18(21)12-14-5-4-7-16(19)11-14/h2-11H,12-13H2,1H3. The average Bonchev–Trinajstić information content (AvgIpc) is 2.95. The Labute approximate surface area is 138 Å². The molecule has 0 N–H and O–H groups in total. The third-order valence-corrected chi connectivity index (χ3v) is 4.08. The van der Waals surface area contributed by atoms with Crippen molar-refractivity contribution in [2.45, 2.75) is 13.0 Å².